The van der Waals surface area contributed by atoms with Gasteiger partial charge in [-0.3, -0.25) is 4.57 Å². The van der Waals surface area contributed by atoms with Gasteiger partial charge < -0.3 is 22.9 Å². The third-order valence-corrected chi connectivity index (χ3v) is 15.5. The minimum Gasteiger partial charge on any atom is -0.401 e. The molecular weight excluding hydrogens is 551 g/mol. The molecule has 0 aromatic heterocycles. The van der Waals surface area contributed by atoms with Gasteiger partial charge in [-0.15, -0.1) is 0 Å². The van der Waals surface area contributed by atoms with E-state index in [1.165, 1.54) is 10.4 Å². The van der Waals surface area contributed by atoms with Crippen molar-refractivity contribution < 1.29 is 27.5 Å². The van der Waals surface area contributed by atoms with Gasteiger partial charge in [0, 0.05) is 11.2 Å². The summed E-state index contributed by atoms with van der Waals surface area (Å²) in [6.07, 6.45) is 1.80. The molecule has 5 rings (SSSR count). The smallest absolute Gasteiger partial charge is 0.354 e. The van der Waals surface area contributed by atoms with E-state index >= 15 is 0 Å². The van der Waals surface area contributed by atoms with Crippen molar-refractivity contribution in [2.24, 2.45) is 11.3 Å². The molecule has 0 spiro atoms. The lowest BCUT2D eigenvalue weighted by Crippen LogP contribution is -2.68. The summed E-state index contributed by atoms with van der Waals surface area (Å²) in [5, 5.41) is 2.31. The van der Waals surface area contributed by atoms with Crippen LogP contribution in [-0.4, -0.2) is 44.6 Å². The van der Waals surface area contributed by atoms with E-state index in [9.17, 15) is 4.57 Å². The molecular formula is C33H47O6PSi. The number of ether oxygens (including phenoxy) is 2. The highest BCUT2D eigenvalue weighted by molar-refractivity contribution is 7.57. The standard InChI is InChI=1S/C33H47O6PSi/c1-23(2)37-40(34,38-24(3)4)21-20-33-22-27(33)28(29-30(33)36-32(8,9)35-29)39-41(31(5,6)7,25-16-12-10-13-17-25)26-18-14-11-15-19-26/h10-21,23-24,27-30H,22H2,1-9H3/b21-20+/t27-,28+,29+,30+,33+/m1/s1. The van der Waals surface area contributed by atoms with Crippen LogP contribution in [0.3, 0.4) is 0 Å². The molecule has 2 aliphatic carbocycles. The largest absolute Gasteiger partial charge is 0.401 e. The van der Waals surface area contributed by atoms with Crippen molar-refractivity contribution in [3.8, 4) is 0 Å². The zero-order valence-corrected chi connectivity index (χ0v) is 27.9. The Morgan fingerprint density at radius 2 is 1.41 bits per heavy atom. The molecule has 224 valence electrons. The molecule has 8 heteroatoms. The summed E-state index contributed by atoms with van der Waals surface area (Å²) < 4.78 is 46.3. The van der Waals surface area contributed by atoms with Crippen LogP contribution in [0.15, 0.2) is 72.6 Å². The van der Waals surface area contributed by atoms with Gasteiger partial charge in [-0.1, -0.05) is 87.5 Å². The van der Waals surface area contributed by atoms with Gasteiger partial charge in [0.05, 0.1) is 24.4 Å². The quantitative estimate of drug-likeness (QED) is 0.216. The highest BCUT2D eigenvalue weighted by atomic mass is 31.2. The van der Waals surface area contributed by atoms with Crippen molar-refractivity contribution in [3.63, 3.8) is 0 Å². The summed E-state index contributed by atoms with van der Waals surface area (Å²) in [6, 6.07) is 21.4. The molecule has 0 radical (unpaired) electrons. The van der Waals surface area contributed by atoms with Crippen LogP contribution >= 0.6 is 7.60 Å². The first-order chi connectivity index (χ1) is 19.1. The van der Waals surface area contributed by atoms with Crippen molar-refractivity contribution in [1.29, 1.82) is 0 Å². The Labute approximate surface area is 247 Å². The fourth-order valence-electron chi connectivity index (χ4n) is 6.99. The zero-order chi connectivity index (χ0) is 29.8. The SMILES string of the molecule is CC(C)OP(=O)(/C=C/[C@]12C[C@@H]1[C@H](O[Si](c1ccccc1)(c1ccccc1)C(C)(C)C)[C@@H]1OC(C)(C)O[C@@H]12)OC(C)C. The molecule has 2 aromatic carbocycles. The van der Waals surface area contributed by atoms with Crippen LogP contribution in [0, 0.1) is 11.3 Å². The van der Waals surface area contributed by atoms with E-state index in [1.54, 1.807) is 5.82 Å². The van der Waals surface area contributed by atoms with Gasteiger partial charge in [0.25, 0.3) is 8.32 Å². The van der Waals surface area contributed by atoms with Crippen LogP contribution in [0.5, 0.6) is 0 Å². The Hall–Kier alpha value is -1.57. The van der Waals surface area contributed by atoms with E-state index < -0.39 is 21.7 Å². The topological polar surface area (TPSA) is 63.2 Å². The first-order valence-electron chi connectivity index (χ1n) is 14.9. The highest BCUT2D eigenvalue weighted by Crippen LogP contribution is 2.70. The molecule has 0 unspecified atom stereocenters. The van der Waals surface area contributed by atoms with Crippen molar-refractivity contribution >= 4 is 26.3 Å². The van der Waals surface area contributed by atoms with Gasteiger partial charge in [-0.05, 0) is 69.3 Å². The molecule has 0 amide bonds. The fraction of sp³-hybridized carbons (Fsp3) is 0.576. The van der Waals surface area contributed by atoms with E-state index in [1.807, 2.05) is 47.6 Å². The Balaban J connectivity index is 1.58. The Bertz CT molecular complexity index is 1230. The minimum absolute atomic E-state index is 0.165. The predicted molar refractivity (Wildman–Crippen MR) is 166 cm³/mol. The maximum absolute atomic E-state index is 13.8. The second-order valence-electron chi connectivity index (χ2n) is 13.9. The fourth-order valence-corrected chi connectivity index (χ4v) is 13.5. The summed E-state index contributed by atoms with van der Waals surface area (Å²) in [4.78, 5) is 0. The summed E-state index contributed by atoms with van der Waals surface area (Å²) in [5.74, 6) is 1.09. The van der Waals surface area contributed by atoms with Gasteiger partial charge >= 0.3 is 7.60 Å². The second kappa shape index (κ2) is 10.9. The van der Waals surface area contributed by atoms with Crippen molar-refractivity contribution in [3.05, 3.63) is 72.6 Å². The van der Waals surface area contributed by atoms with Gasteiger partial charge in [0.2, 0.25) is 0 Å². The van der Waals surface area contributed by atoms with Crippen molar-refractivity contribution in [2.75, 3.05) is 0 Å². The van der Waals surface area contributed by atoms with Crippen LogP contribution in [0.2, 0.25) is 5.04 Å². The lowest BCUT2D eigenvalue weighted by molar-refractivity contribution is -0.164. The number of hydrogen-bond donors (Lipinski definition) is 0. The highest BCUT2D eigenvalue weighted by Gasteiger charge is 2.76. The molecule has 41 heavy (non-hydrogen) atoms. The van der Waals surface area contributed by atoms with E-state index in [0.717, 1.165) is 6.42 Å². The van der Waals surface area contributed by atoms with Gasteiger partial charge in [0.15, 0.2) is 5.79 Å². The molecule has 0 bridgehead atoms. The van der Waals surface area contributed by atoms with Gasteiger partial charge in [-0.25, -0.2) is 0 Å². The average Bonchev–Trinajstić information content (AvgIpc) is 3.44. The maximum atomic E-state index is 13.8. The summed E-state index contributed by atoms with van der Waals surface area (Å²) in [5.41, 5.74) is -0.356. The second-order valence-corrected chi connectivity index (χ2v) is 19.9. The molecule has 3 aliphatic rings. The van der Waals surface area contributed by atoms with E-state index in [-0.39, 0.29) is 46.9 Å². The number of fused-ring (bicyclic) bond motifs is 3. The number of hydrogen-bond acceptors (Lipinski definition) is 6. The number of benzene rings is 2. The first-order valence-corrected chi connectivity index (χ1v) is 18.5. The van der Waals surface area contributed by atoms with E-state index in [4.69, 9.17) is 22.9 Å². The number of rotatable bonds is 10. The molecule has 1 saturated heterocycles. The van der Waals surface area contributed by atoms with Crippen LogP contribution in [0.1, 0.15) is 68.7 Å². The third-order valence-electron chi connectivity index (χ3n) is 8.50. The summed E-state index contributed by atoms with van der Waals surface area (Å²) >= 11 is 0. The van der Waals surface area contributed by atoms with Crippen LogP contribution < -0.4 is 10.4 Å². The van der Waals surface area contributed by atoms with Crippen LogP contribution in [0.4, 0.5) is 0 Å². The zero-order valence-electron chi connectivity index (χ0n) is 26.0. The van der Waals surface area contributed by atoms with Gasteiger partial charge in [-0.2, -0.15) is 0 Å². The monoisotopic (exact) mass is 598 g/mol. The summed E-state index contributed by atoms with van der Waals surface area (Å²) in [7, 11) is -6.30. The molecule has 1 aliphatic heterocycles. The molecule has 3 fully saturated rings. The Morgan fingerprint density at radius 1 is 0.902 bits per heavy atom. The molecule has 5 atom stereocenters. The minimum atomic E-state index is -3.46. The maximum Gasteiger partial charge on any atom is 0.354 e. The molecule has 2 aromatic rings. The van der Waals surface area contributed by atoms with Crippen LogP contribution in [-0.2, 0) is 27.5 Å². The van der Waals surface area contributed by atoms with E-state index in [0.29, 0.717) is 0 Å². The van der Waals surface area contributed by atoms with Gasteiger partial charge in [0.1, 0.15) is 6.10 Å². The molecule has 2 saturated carbocycles. The molecule has 0 N–H and O–H groups in total. The lowest BCUT2D eigenvalue weighted by atomic mass is 10.00. The summed E-state index contributed by atoms with van der Waals surface area (Å²) in [6.45, 7) is 18.3. The Morgan fingerprint density at radius 3 is 1.88 bits per heavy atom. The Kier molecular flexibility index (Phi) is 8.17. The predicted octanol–water partition coefficient (Wildman–Crippen LogP) is 7.03. The lowest BCUT2D eigenvalue weighted by Gasteiger charge is -2.45. The van der Waals surface area contributed by atoms with Crippen molar-refractivity contribution in [1.82, 2.24) is 0 Å². The first kappa shape index (κ1) is 30.9. The molecule has 6 nitrogen and oxygen atoms in total. The van der Waals surface area contributed by atoms with E-state index in [2.05, 4.69) is 81.4 Å². The average molecular weight is 599 g/mol. The molecule has 1 heterocycles. The normalized spacial score (nSPS) is 29.3. The van der Waals surface area contributed by atoms with Crippen LogP contribution in [0.25, 0.3) is 0 Å². The van der Waals surface area contributed by atoms with Crippen molar-refractivity contribution in [2.45, 2.75) is 110 Å². The third kappa shape index (κ3) is 5.72.